The molecule has 2 aromatic rings. The van der Waals surface area contributed by atoms with Crippen molar-refractivity contribution >= 4 is 21.8 Å². The smallest absolute Gasteiger partial charge is 0.267 e. The fourth-order valence-electron chi connectivity index (χ4n) is 1.58. The fraction of sp³-hybridized carbons (Fsp3) is 0.154. The van der Waals surface area contributed by atoms with Crippen molar-refractivity contribution in [3.63, 3.8) is 0 Å². The van der Waals surface area contributed by atoms with Gasteiger partial charge in [0.2, 0.25) is 5.91 Å². The van der Waals surface area contributed by atoms with Crippen LogP contribution in [0.15, 0.2) is 45.7 Å². The fourth-order valence-corrected chi connectivity index (χ4v) is 1.98. The third kappa shape index (κ3) is 3.29. The Bertz CT molecular complexity index is 667. The van der Waals surface area contributed by atoms with E-state index < -0.39 is 0 Å². The Morgan fingerprint density at radius 1 is 1.37 bits per heavy atom. The van der Waals surface area contributed by atoms with Gasteiger partial charge in [0.1, 0.15) is 6.54 Å². The molecule has 98 valence electrons. The van der Waals surface area contributed by atoms with Crippen LogP contribution in [0.25, 0.3) is 11.3 Å². The lowest BCUT2D eigenvalue weighted by Crippen LogP contribution is -2.31. The molecule has 19 heavy (non-hydrogen) atoms. The minimum Gasteiger partial charge on any atom is -0.358 e. The van der Waals surface area contributed by atoms with Crippen molar-refractivity contribution in [2.24, 2.45) is 0 Å². The van der Waals surface area contributed by atoms with Crippen molar-refractivity contribution in [2.75, 3.05) is 7.05 Å². The number of nitrogens with zero attached hydrogens (tertiary/aromatic N) is 2. The molecule has 0 aliphatic heterocycles. The van der Waals surface area contributed by atoms with Crippen LogP contribution in [0.1, 0.15) is 0 Å². The van der Waals surface area contributed by atoms with E-state index in [1.54, 1.807) is 6.07 Å². The lowest BCUT2D eigenvalue weighted by molar-refractivity contribution is -0.121. The van der Waals surface area contributed by atoms with Crippen LogP contribution in [0.4, 0.5) is 0 Å². The topological polar surface area (TPSA) is 64.0 Å². The highest BCUT2D eigenvalue weighted by Crippen LogP contribution is 2.20. The second-order valence-corrected chi connectivity index (χ2v) is 4.81. The second-order valence-electron chi connectivity index (χ2n) is 3.90. The third-order valence-electron chi connectivity index (χ3n) is 2.56. The molecule has 1 aromatic heterocycles. The van der Waals surface area contributed by atoms with E-state index >= 15 is 0 Å². The maximum Gasteiger partial charge on any atom is 0.267 e. The SMILES string of the molecule is CNC(=O)Cn1nc(-c2cccc(Br)c2)ccc1=O. The number of benzene rings is 1. The number of carbonyl (C=O) groups is 1. The predicted octanol–water partition coefficient (Wildman–Crippen LogP) is 1.42. The number of nitrogens with one attached hydrogen (secondary N) is 1. The van der Waals surface area contributed by atoms with Gasteiger partial charge in [0.05, 0.1) is 5.69 Å². The molecule has 0 saturated heterocycles. The number of hydrogen-bond acceptors (Lipinski definition) is 3. The van der Waals surface area contributed by atoms with Gasteiger partial charge in [-0.2, -0.15) is 5.10 Å². The maximum atomic E-state index is 11.6. The lowest BCUT2D eigenvalue weighted by atomic mass is 10.1. The quantitative estimate of drug-likeness (QED) is 0.929. The largest absolute Gasteiger partial charge is 0.358 e. The van der Waals surface area contributed by atoms with Crippen LogP contribution in [0.5, 0.6) is 0 Å². The zero-order valence-corrected chi connectivity index (χ0v) is 11.8. The Balaban J connectivity index is 2.41. The highest BCUT2D eigenvalue weighted by atomic mass is 79.9. The Labute approximate surface area is 118 Å². The Hall–Kier alpha value is -1.95. The number of amides is 1. The predicted molar refractivity (Wildman–Crippen MR) is 75.7 cm³/mol. The van der Waals surface area contributed by atoms with Crippen LogP contribution in [0.3, 0.4) is 0 Å². The summed E-state index contributed by atoms with van der Waals surface area (Å²) in [6, 6.07) is 10.6. The summed E-state index contributed by atoms with van der Waals surface area (Å²) in [6.07, 6.45) is 0. The molecule has 0 aliphatic rings. The number of aromatic nitrogens is 2. The van der Waals surface area contributed by atoms with Gasteiger partial charge in [-0.05, 0) is 18.2 Å². The number of hydrogen-bond donors (Lipinski definition) is 1. The summed E-state index contributed by atoms with van der Waals surface area (Å²) in [5, 5.41) is 6.66. The molecule has 5 nitrogen and oxygen atoms in total. The van der Waals surface area contributed by atoms with Crippen molar-refractivity contribution in [1.29, 1.82) is 0 Å². The monoisotopic (exact) mass is 321 g/mol. The minimum atomic E-state index is -0.303. The first-order chi connectivity index (χ1) is 9.10. The van der Waals surface area contributed by atoms with Gasteiger partial charge in [-0.1, -0.05) is 28.1 Å². The molecule has 6 heteroatoms. The molecule has 0 atom stereocenters. The molecule has 0 fully saturated rings. The van der Waals surface area contributed by atoms with E-state index in [9.17, 15) is 9.59 Å². The molecule has 0 bridgehead atoms. The summed E-state index contributed by atoms with van der Waals surface area (Å²) in [7, 11) is 1.52. The van der Waals surface area contributed by atoms with E-state index in [4.69, 9.17) is 0 Å². The van der Waals surface area contributed by atoms with Gasteiger partial charge in [-0.25, -0.2) is 4.68 Å². The van der Waals surface area contributed by atoms with Crippen molar-refractivity contribution in [2.45, 2.75) is 6.54 Å². The van der Waals surface area contributed by atoms with E-state index in [1.807, 2.05) is 24.3 Å². The summed E-state index contributed by atoms with van der Waals surface area (Å²) < 4.78 is 2.07. The zero-order valence-electron chi connectivity index (χ0n) is 10.3. The van der Waals surface area contributed by atoms with Crippen LogP contribution >= 0.6 is 15.9 Å². The van der Waals surface area contributed by atoms with E-state index in [-0.39, 0.29) is 18.0 Å². The average Bonchev–Trinajstić information content (AvgIpc) is 2.41. The van der Waals surface area contributed by atoms with Gasteiger partial charge in [0, 0.05) is 23.2 Å². The molecule has 2 rings (SSSR count). The van der Waals surface area contributed by atoms with Gasteiger partial charge in [0.15, 0.2) is 0 Å². The van der Waals surface area contributed by atoms with E-state index in [2.05, 4.69) is 26.3 Å². The van der Waals surface area contributed by atoms with Crippen LogP contribution < -0.4 is 10.9 Å². The molecule has 1 heterocycles. The molecule has 0 unspecified atom stereocenters. The first-order valence-electron chi connectivity index (χ1n) is 5.65. The van der Waals surface area contributed by atoms with Crippen molar-refractivity contribution in [3.8, 4) is 11.3 Å². The summed E-state index contributed by atoms with van der Waals surface area (Å²) in [6.45, 7) is -0.0861. The molecular weight excluding hydrogens is 310 g/mol. The number of likely N-dealkylation sites (N-methyl/N-ethyl adjacent to an activating group) is 1. The van der Waals surface area contributed by atoms with Gasteiger partial charge < -0.3 is 5.32 Å². The van der Waals surface area contributed by atoms with E-state index in [0.29, 0.717) is 5.69 Å². The zero-order chi connectivity index (χ0) is 13.8. The summed E-state index contributed by atoms with van der Waals surface area (Å²) in [5.74, 6) is -0.263. The van der Waals surface area contributed by atoms with Crippen LogP contribution in [-0.4, -0.2) is 22.7 Å². The van der Waals surface area contributed by atoms with Gasteiger partial charge in [-0.15, -0.1) is 0 Å². The number of carbonyl (C=O) groups excluding carboxylic acids is 1. The minimum absolute atomic E-state index is 0.0861. The normalized spacial score (nSPS) is 10.2. The Morgan fingerprint density at radius 2 is 2.16 bits per heavy atom. The van der Waals surface area contributed by atoms with Gasteiger partial charge >= 0.3 is 0 Å². The second kappa shape index (κ2) is 5.79. The number of halogens is 1. The van der Waals surface area contributed by atoms with Gasteiger partial charge in [-0.3, -0.25) is 9.59 Å². The Kier molecular flexibility index (Phi) is 4.11. The molecular formula is C13H12BrN3O2. The summed E-state index contributed by atoms with van der Waals surface area (Å²) in [5.41, 5.74) is 1.21. The highest BCUT2D eigenvalue weighted by molar-refractivity contribution is 9.10. The first kappa shape index (κ1) is 13.5. The molecule has 1 amide bonds. The molecule has 1 aromatic carbocycles. The third-order valence-corrected chi connectivity index (χ3v) is 3.05. The van der Waals surface area contributed by atoms with Crippen molar-refractivity contribution in [1.82, 2.24) is 15.1 Å². The lowest BCUT2D eigenvalue weighted by Gasteiger charge is -2.06. The standard InChI is InChI=1S/C13H12BrN3O2/c1-15-12(18)8-17-13(19)6-5-11(16-17)9-3-2-4-10(14)7-9/h2-7H,8H2,1H3,(H,15,18). The summed E-state index contributed by atoms with van der Waals surface area (Å²) >= 11 is 3.38. The molecule has 1 N–H and O–H groups in total. The molecule has 0 saturated carbocycles. The maximum absolute atomic E-state index is 11.6. The highest BCUT2D eigenvalue weighted by Gasteiger charge is 2.06. The summed E-state index contributed by atoms with van der Waals surface area (Å²) in [4.78, 5) is 22.9. The van der Waals surface area contributed by atoms with E-state index in [0.717, 1.165) is 14.7 Å². The number of rotatable bonds is 3. The first-order valence-corrected chi connectivity index (χ1v) is 6.44. The Morgan fingerprint density at radius 3 is 2.84 bits per heavy atom. The molecule has 0 radical (unpaired) electrons. The molecule has 0 spiro atoms. The van der Waals surface area contributed by atoms with Crippen LogP contribution in [-0.2, 0) is 11.3 Å². The van der Waals surface area contributed by atoms with Gasteiger partial charge in [0.25, 0.3) is 5.56 Å². The van der Waals surface area contributed by atoms with Crippen LogP contribution in [0, 0.1) is 0 Å². The molecule has 0 aliphatic carbocycles. The van der Waals surface area contributed by atoms with Crippen LogP contribution in [0.2, 0.25) is 0 Å². The average molecular weight is 322 g/mol. The van der Waals surface area contributed by atoms with E-state index in [1.165, 1.54) is 13.1 Å². The van der Waals surface area contributed by atoms with Crippen molar-refractivity contribution < 1.29 is 4.79 Å². The van der Waals surface area contributed by atoms with Crippen molar-refractivity contribution in [3.05, 3.63) is 51.2 Å².